The van der Waals surface area contributed by atoms with E-state index in [4.69, 9.17) is 21.1 Å². The summed E-state index contributed by atoms with van der Waals surface area (Å²) in [7, 11) is 0. The maximum absolute atomic E-state index is 13.1. The van der Waals surface area contributed by atoms with Gasteiger partial charge in [-0.25, -0.2) is 4.39 Å². The Balaban J connectivity index is 2.04. The number of hydrogen-bond donors (Lipinski definition) is 2. The van der Waals surface area contributed by atoms with Gasteiger partial charge < -0.3 is 14.8 Å². The number of aliphatic hydroxyl groups excluding tert-OH is 1. The zero-order valence-corrected chi connectivity index (χ0v) is 11.0. The molecule has 19 heavy (non-hydrogen) atoms. The van der Waals surface area contributed by atoms with E-state index in [1.165, 1.54) is 18.2 Å². The molecule has 1 aromatic heterocycles. The van der Waals surface area contributed by atoms with Gasteiger partial charge in [0, 0.05) is 18.2 Å². The van der Waals surface area contributed by atoms with Crippen molar-refractivity contribution in [2.24, 2.45) is 0 Å². The third kappa shape index (κ3) is 3.80. The predicted molar refractivity (Wildman–Crippen MR) is 71.4 cm³/mol. The first-order valence-electron chi connectivity index (χ1n) is 6.02. The Hall–Kier alpha value is -1.36. The molecule has 3 nitrogen and oxygen atoms in total. The van der Waals surface area contributed by atoms with E-state index in [1.54, 1.807) is 12.3 Å². The second kappa shape index (κ2) is 6.70. The summed E-state index contributed by atoms with van der Waals surface area (Å²) in [6.07, 6.45) is 2.09. The molecule has 0 fully saturated rings. The summed E-state index contributed by atoms with van der Waals surface area (Å²) < 4.78 is 18.5. The van der Waals surface area contributed by atoms with Gasteiger partial charge in [-0.15, -0.1) is 0 Å². The van der Waals surface area contributed by atoms with E-state index in [0.29, 0.717) is 23.6 Å². The van der Waals surface area contributed by atoms with Gasteiger partial charge in [0.15, 0.2) is 0 Å². The number of nitrogens with one attached hydrogen (secondary N) is 1. The number of benzene rings is 1. The molecule has 0 aliphatic carbocycles. The molecule has 1 unspecified atom stereocenters. The topological polar surface area (TPSA) is 45.4 Å². The zero-order chi connectivity index (χ0) is 13.7. The molecule has 0 radical (unpaired) electrons. The van der Waals surface area contributed by atoms with E-state index >= 15 is 0 Å². The lowest BCUT2D eigenvalue weighted by Gasteiger charge is -2.16. The van der Waals surface area contributed by atoms with Gasteiger partial charge in [0.1, 0.15) is 11.6 Å². The van der Waals surface area contributed by atoms with Crippen LogP contribution < -0.4 is 5.32 Å². The largest absolute Gasteiger partial charge is 0.468 e. The molecule has 0 aliphatic heterocycles. The van der Waals surface area contributed by atoms with Crippen LogP contribution in [0.25, 0.3) is 0 Å². The highest BCUT2D eigenvalue weighted by Gasteiger charge is 2.14. The average molecular weight is 284 g/mol. The molecule has 102 valence electrons. The van der Waals surface area contributed by atoms with Crippen molar-refractivity contribution in [3.8, 4) is 0 Å². The monoisotopic (exact) mass is 283 g/mol. The first-order chi connectivity index (χ1) is 9.20. The molecule has 2 N–H and O–H groups in total. The molecule has 2 rings (SSSR count). The Bertz CT molecular complexity index is 516. The van der Waals surface area contributed by atoms with Gasteiger partial charge >= 0.3 is 0 Å². The number of halogens is 2. The Kier molecular flexibility index (Phi) is 4.96. The van der Waals surface area contributed by atoms with Crippen molar-refractivity contribution in [2.45, 2.75) is 19.0 Å². The lowest BCUT2D eigenvalue weighted by Crippen LogP contribution is -2.21. The van der Waals surface area contributed by atoms with Crippen molar-refractivity contribution < 1.29 is 13.9 Å². The summed E-state index contributed by atoms with van der Waals surface area (Å²) in [6, 6.07) is 7.75. The van der Waals surface area contributed by atoms with Crippen molar-refractivity contribution in [2.75, 3.05) is 6.61 Å². The molecule has 0 amide bonds. The van der Waals surface area contributed by atoms with Crippen LogP contribution >= 0.6 is 11.6 Å². The molecule has 1 heterocycles. The highest BCUT2D eigenvalue weighted by molar-refractivity contribution is 6.31. The molecule has 0 saturated heterocycles. The SMILES string of the molecule is OCCC(NCc1cc(F)ccc1Cl)c1ccco1. The fourth-order valence-corrected chi connectivity index (χ4v) is 2.06. The van der Waals surface area contributed by atoms with Crippen molar-refractivity contribution in [1.29, 1.82) is 0 Å². The molecule has 0 spiro atoms. The maximum Gasteiger partial charge on any atom is 0.123 e. The third-order valence-corrected chi connectivity index (χ3v) is 3.22. The minimum Gasteiger partial charge on any atom is -0.468 e. The van der Waals surface area contributed by atoms with Gasteiger partial charge in [0.05, 0.1) is 12.3 Å². The lowest BCUT2D eigenvalue weighted by atomic mass is 10.1. The fourth-order valence-electron chi connectivity index (χ4n) is 1.88. The lowest BCUT2D eigenvalue weighted by molar-refractivity contribution is 0.254. The van der Waals surface area contributed by atoms with E-state index in [9.17, 15) is 4.39 Å². The number of rotatable bonds is 6. The maximum atomic E-state index is 13.1. The number of furan rings is 1. The van der Waals surface area contributed by atoms with Crippen LogP contribution in [0, 0.1) is 5.82 Å². The average Bonchev–Trinajstić information content (AvgIpc) is 2.92. The van der Waals surface area contributed by atoms with Crippen LogP contribution in [0.4, 0.5) is 4.39 Å². The molecule has 0 bridgehead atoms. The van der Waals surface area contributed by atoms with Crippen LogP contribution in [0.5, 0.6) is 0 Å². The number of aliphatic hydroxyl groups is 1. The normalized spacial score (nSPS) is 12.6. The van der Waals surface area contributed by atoms with Gasteiger partial charge in [-0.05, 0) is 42.3 Å². The van der Waals surface area contributed by atoms with Crippen molar-refractivity contribution in [1.82, 2.24) is 5.32 Å². The summed E-state index contributed by atoms with van der Waals surface area (Å²) in [5, 5.41) is 12.8. The highest BCUT2D eigenvalue weighted by atomic mass is 35.5. The van der Waals surface area contributed by atoms with Crippen LogP contribution in [0.3, 0.4) is 0 Å². The van der Waals surface area contributed by atoms with Gasteiger partial charge in [-0.3, -0.25) is 0 Å². The summed E-state index contributed by atoms with van der Waals surface area (Å²) in [4.78, 5) is 0. The smallest absolute Gasteiger partial charge is 0.123 e. The molecule has 0 saturated carbocycles. The first kappa shape index (κ1) is 14.1. The second-order valence-corrected chi connectivity index (χ2v) is 4.60. The van der Waals surface area contributed by atoms with Gasteiger partial charge in [0.2, 0.25) is 0 Å². The Morgan fingerprint density at radius 1 is 1.37 bits per heavy atom. The first-order valence-corrected chi connectivity index (χ1v) is 6.40. The minimum atomic E-state index is -0.321. The molecular weight excluding hydrogens is 269 g/mol. The Labute approximate surface area is 116 Å². The zero-order valence-electron chi connectivity index (χ0n) is 10.3. The minimum absolute atomic E-state index is 0.0370. The van der Waals surface area contributed by atoms with Gasteiger partial charge in [-0.1, -0.05) is 11.6 Å². The Morgan fingerprint density at radius 3 is 2.89 bits per heavy atom. The van der Waals surface area contributed by atoms with Crippen LogP contribution in [-0.2, 0) is 6.54 Å². The highest BCUT2D eigenvalue weighted by Crippen LogP contribution is 2.21. The summed E-state index contributed by atoms with van der Waals surface area (Å²) in [5.41, 5.74) is 0.677. The quantitative estimate of drug-likeness (QED) is 0.855. The van der Waals surface area contributed by atoms with Crippen LogP contribution in [-0.4, -0.2) is 11.7 Å². The van der Waals surface area contributed by atoms with Gasteiger partial charge in [-0.2, -0.15) is 0 Å². The van der Waals surface area contributed by atoms with E-state index < -0.39 is 0 Å². The van der Waals surface area contributed by atoms with Gasteiger partial charge in [0.25, 0.3) is 0 Å². The van der Waals surface area contributed by atoms with Crippen molar-refractivity contribution in [3.05, 3.63) is 58.8 Å². The van der Waals surface area contributed by atoms with Crippen LogP contribution in [0.1, 0.15) is 23.8 Å². The third-order valence-electron chi connectivity index (χ3n) is 2.85. The molecule has 1 aromatic carbocycles. The Morgan fingerprint density at radius 2 is 2.21 bits per heavy atom. The number of hydrogen-bond acceptors (Lipinski definition) is 3. The molecular formula is C14H15ClFNO2. The summed E-state index contributed by atoms with van der Waals surface area (Å²) in [6.45, 7) is 0.442. The van der Waals surface area contributed by atoms with Crippen molar-refractivity contribution >= 4 is 11.6 Å². The van der Waals surface area contributed by atoms with Crippen LogP contribution in [0.15, 0.2) is 41.0 Å². The standard InChI is InChI=1S/C14H15ClFNO2/c15-12-4-3-11(16)8-10(12)9-17-13(5-6-18)14-2-1-7-19-14/h1-4,7-8,13,17-18H,5-6,9H2. The van der Waals surface area contributed by atoms with E-state index in [1.807, 2.05) is 6.07 Å². The van der Waals surface area contributed by atoms with E-state index in [0.717, 1.165) is 5.76 Å². The van der Waals surface area contributed by atoms with Crippen LogP contribution in [0.2, 0.25) is 5.02 Å². The van der Waals surface area contributed by atoms with E-state index in [-0.39, 0.29) is 18.5 Å². The summed E-state index contributed by atoms with van der Waals surface area (Å²) >= 11 is 6.00. The van der Waals surface area contributed by atoms with E-state index in [2.05, 4.69) is 5.32 Å². The van der Waals surface area contributed by atoms with Crippen molar-refractivity contribution in [3.63, 3.8) is 0 Å². The fraction of sp³-hybridized carbons (Fsp3) is 0.286. The summed E-state index contributed by atoms with van der Waals surface area (Å²) in [5.74, 6) is 0.416. The molecule has 1 atom stereocenters. The predicted octanol–water partition coefficient (Wildman–Crippen LogP) is 3.29. The molecule has 0 aliphatic rings. The second-order valence-electron chi connectivity index (χ2n) is 4.20. The molecule has 5 heteroatoms. The molecule has 2 aromatic rings.